The lowest BCUT2D eigenvalue weighted by Crippen LogP contribution is -2.79. The van der Waals surface area contributed by atoms with Crippen molar-refractivity contribution in [2.45, 2.75) is 89.9 Å². The van der Waals surface area contributed by atoms with Crippen molar-refractivity contribution in [3.05, 3.63) is 35.4 Å². The molecule has 0 bridgehead atoms. The van der Waals surface area contributed by atoms with Gasteiger partial charge in [-0.25, -0.2) is 0 Å². The molecule has 0 aromatic heterocycles. The minimum absolute atomic E-state index is 0.00518. The molecule has 1 aromatic carbocycles. The van der Waals surface area contributed by atoms with Crippen LogP contribution in [0.4, 0.5) is 0 Å². The summed E-state index contributed by atoms with van der Waals surface area (Å²) in [4.78, 5) is 27.3. The number of aliphatic hydroxyl groups is 1. The summed E-state index contributed by atoms with van der Waals surface area (Å²) >= 11 is 0. The van der Waals surface area contributed by atoms with Crippen molar-refractivity contribution in [2.24, 2.45) is 5.92 Å². The van der Waals surface area contributed by atoms with E-state index in [2.05, 4.69) is 12.2 Å². The van der Waals surface area contributed by atoms with Crippen molar-refractivity contribution in [3.8, 4) is 0 Å². The second-order valence-electron chi connectivity index (χ2n) is 9.28. The Morgan fingerprint density at radius 2 is 1.82 bits per heavy atom. The molecule has 1 aromatic rings. The molecule has 28 heavy (non-hydrogen) atoms. The van der Waals surface area contributed by atoms with Gasteiger partial charge < -0.3 is 15.3 Å². The number of likely N-dealkylation sites (tertiary alicyclic amines) is 1. The van der Waals surface area contributed by atoms with Crippen LogP contribution in [0.15, 0.2) is 24.3 Å². The normalized spacial score (nSPS) is 26.1. The molecule has 2 atom stereocenters. The summed E-state index contributed by atoms with van der Waals surface area (Å²) in [5.74, 6) is 0.0752. The predicted octanol–water partition coefficient (Wildman–Crippen LogP) is 3.60. The maximum atomic E-state index is 12.8. The third-order valence-electron chi connectivity index (χ3n) is 6.79. The maximum Gasteiger partial charge on any atom is 0.262 e. The summed E-state index contributed by atoms with van der Waals surface area (Å²) in [6.07, 6.45) is 6.08. The van der Waals surface area contributed by atoms with E-state index in [0.717, 1.165) is 12.8 Å². The van der Waals surface area contributed by atoms with E-state index in [4.69, 9.17) is 0 Å². The van der Waals surface area contributed by atoms with Crippen LogP contribution in [0, 0.1) is 5.92 Å². The molecule has 2 amide bonds. The molecular weight excluding hydrogens is 352 g/mol. The Morgan fingerprint density at radius 3 is 2.39 bits per heavy atom. The highest BCUT2D eigenvalue weighted by molar-refractivity contribution is 5.98. The molecule has 2 fully saturated rings. The Hall–Kier alpha value is -1.88. The third-order valence-corrected chi connectivity index (χ3v) is 6.79. The van der Waals surface area contributed by atoms with E-state index in [1.54, 1.807) is 29.2 Å². The van der Waals surface area contributed by atoms with Gasteiger partial charge in [0, 0.05) is 17.6 Å². The van der Waals surface area contributed by atoms with Crippen LogP contribution < -0.4 is 5.32 Å². The van der Waals surface area contributed by atoms with Gasteiger partial charge >= 0.3 is 0 Å². The Balaban J connectivity index is 1.79. The van der Waals surface area contributed by atoms with Gasteiger partial charge in [0.2, 0.25) is 0 Å². The van der Waals surface area contributed by atoms with Crippen molar-refractivity contribution in [1.82, 2.24) is 10.2 Å². The first kappa shape index (κ1) is 20.8. The lowest BCUT2D eigenvalue weighted by atomic mass is 9.66. The SMILES string of the molecule is CC(C)N1C(=O)C(O)(c2cccc(C(=O)N[C@H](C)C3CCCCC3)c2)C1(C)C. The van der Waals surface area contributed by atoms with Gasteiger partial charge in [-0.2, -0.15) is 0 Å². The number of carbonyl (C=O) groups is 2. The number of rotatable bonds is 5. The number of benzene rings is 1. The van der Waals surface area contributed by atoms with Gasteiger partial charge in [-0.3, -0.25) is 9.59 Å². The maximum absolute atomic E-state index is 12.8. The van der Waals surface area contributed by atoms with Gasteiger partial charge in [0.25, 0.3) is 11.8 Å². The molecule has 1 unspecified atom stereocenters. The highest BCUT2D eigenvalue weighted by atomic mass is 16.3. The minimum Gasteiger partial charge on any atom is -0.374 e. The summed E-state index contributed by atoms with van der Waals surface area (Å²) < 4.78 is 0. The topological polar surface area (TPSA) is 69.6 Å². The molecule has 1 aliphatic carbocycles. The van der Waals surface area contributed by atoms with Crippen molar-refractivity contribution in [2.75, 3.05) is 0 Å². The van der Waals surface area contributed by atoms with Gasteiger partial charge in [0.1, 0.15) is 0 Å². The number of carbonyl (C=O) groups excluding carboxylic acids is 2. The van der Waals surface area contributed by atoms with Gasteiger partial charge in [0.05, 0.1) is 5.54 Å². The van der Waals surface area contributed by atoms with Crippen LogP contribution in [0.3, 0.4) is 0 Å². The first-order valence-electron chi connectivity index (χ1n) is 10.6. The fraction of sp³-hybridized carbons (Fsp3) is 0.652. The lowest BCUT2D eigenvalue weighted by molar-refractivity contribution is -0.221. The largest absolute Gasteiger partial charge is 0.374 e. The van der Waals surface area contributed by atoms with Gasteiger partial charge in [0.15, 0.2) is 5.60 Å². The number of β-lactam (4-membered cyclic amide) rings is 1. The average molecular weight is 387 g/mol. The van der Waals surface area contributed by atoms with E-state index < -0.39 is 11.1 Å². The van der Waals surface area contributed by atoms with Crippen LogP contribution in [0.2, 0.25) is 0 Å². The highest BCUT2D eigenvalue weighted by Crippen LogP contribution is 2.49. The van der Waals surface area contributed by atoms with Crippen LogP contribution in [0.25, 0.3) is 0 Å². The molecule has 1 aliphatic heterocycles. The first-order valence-corrected chi connectivity index (χ1v) is 10.6. The molecule has 2 aliphatic rings. The molecule has 1 saturated carbocycles. The second-order valence-corrected chi connectivity index (χ2v) is 9.28. The number of amides is 2. The molecule has 2 N–H and O–H groups in total. The van der Waals surface area contributed by atoms with Crippen molar-refractivity contribution >= 4 is 11.8 Å². The summed E-state index contributed by atoms with van der Waals surface area (Å²) in [5, 5.41) is 14.4. The minimum atomic E-state index is -1.61. The summed E-state index contributed by atoms with van der Waals surface area (Å²) in [6.45, 7) is 9.69. The fourth-order valence-electron chi connectivity index (χ4n) is 5.10. The van der Waals surface area contributed by atoms with E-state index in [1.165, 1.54) is 19.3 Å². The van der Waals surface area contributed by atoms with Gasteiger partial charge in [-0.05, 0) is 71.1 Å². The van der Waals surface area contributed by atoms with Gasteiger partial charge in [-0.15, -0.1) is 0 Å². The van der Waals surface area contributed by atoms with E-state index in [0.29, 0.717) is 17.0 Å². The van der Waals surface area contributed by atoms with Crippen LogP contribution in [0.1, 0.15) is 82.6 Å². The molecule has 5 nitrogen and oxygen atoms in total. The number of hydrogen-bond donors (Lipinski definition) is 2. The van der Waals surface area contributed by atoms with Crippen molar-refractivity contribution in [3.63, 3.8) is 0 Å². The summed E-state index contributed by atoms with van der Waals surface area (Å²) in [7, 11) is 0. The highest BCUT2D eigenvalue weighted by Gasteiger charge is 2.67. The lowest BCUT2D eigenvalue weighted by Gasteiger charge is -2.61. The Labute approximate surface area is 168 Å². The van der Waals surface area contributed by atoms with E-state index >= 15 is 0 Å². The molecule has 0 radical (unpaired) electrons. The molecule has 154 valence electrons. The number of nitrogens with one attached hydrogen (secondary N) is 1. The standard InChI is InChI=1S/C23H34N2O3/c1-15(2)25-21(27)23(28,22(25,4)5)19-13-9-12-18(14-19)20(26)24-16(3)17-10-7-6-8-11-17/h9,12-17,28H,6-8,10-11H2,1-5H3,(H,24,26)/t16-,23?/m1/s1. The van der Waals surface area contributed by atoms with E-state index in [1.807, 2.05) is 27.7 Å². The molecule has 1 saturated heterocycles. The average Bonchev–Trinajstić information content (AvgIpc) is 2.67. The quantitative estimate of drug-likeness (QED) is 0.760. The van der Waals surface area contributed by atoms with Crippen molar-refractivity contribution in [1.29, 1.82) is 0 Å². The van der Waals surface area contributed by atoms with E-state index in [-0.39, 0.29) is 23.9 Å². The Bertz CT molecular complexity index is 752. The molecule has 1 heterocycles. The Kier molecular flexibility index (Phi) is 5.59. The van der Waals surface area contributed by atoms with E-state index in [9.17, 15) is 14.7 Å². The zero-order valence-electron chi connectivity index (χ0n) is 17.8. The molecular formula is C23H34N2O3. The molecule has 5 heteroatoms. The second kappa shape index (κ2) is 7.51. The first-order chi connectivity index (χ1) is 13.1. The zero-order chi connectivity index (χ0) is 20.7. The number of nitrogens with zero attached hydrogens (tertiary/aromatic N) is 1. The fourth-order valence-corrected chi connectivity index (χ4v) is 5.10. The van der Waals surface area contributed by atoms with Crippen LogP contribution >= 0.6 is 0 Å². The van der Waals surface area contributed by atoms with Crippen LogP contribution in [-0.2, 0) is 10.4 Å². The third kappa shape index (κ3) is 3.24. The van der Waals surface area contributed by atoms with Crippen molar-refractivity contribution < 1.29 is 14.7 Å². The monoisotopic (exact) mass is 386 g/mol. The summed E-state index contributed by atoms with van der Waals surface area (Å²) in [5.41, 5.74) is -1.37. The molecule has 3 rings (SSSR count). The number of hydrogen-bond acceptors (Lipinski definition) is 3. The molecule has 0 spiro atoms. The van der Waals surface area contributed by atoms with Gasteiger partial charge in [-0.1, -0.05) is 31.4 Å². The van der Waals surface area contributed by atoms with Crippen LogP contribution in [-0.4, -0.2) is 39.4 Å². The van der Waals surface area contributed by atoms with Crippen LogP contribution in [0.5, 0.6) is 0 Å². The predicted molar refractivity (Wildman–Crippen MR) is 110 cm³/mol. The Morgan fingerprint density at radius 1 is 1.18 bits per heavy atom. The summed E-state index contributed by atoms with van der Waals surface area (Å²) in [6, 6.07) is 7.02. The zero-order valence-corrected chi connectivity index (χ0v) is 17.8. The smallest absolute Gasteiger partial charge is 0.262 e.